The van der Waals surface area contributed by atoms with E-state index in [-0.39, 0.29) is 11.5 Å². The third kappa shape index (κ3) is 3.13. The van der Waals surface area contributed by atoms with E-state index in [0.717, 1.165) is 0 Å². The van der Waals surface area contributed by atoms with Crippen LogP contribution in [0.5, 0.6) is 23.0 Å². The fraction of sp³-hybridized carbons (Fsp3) is 0.118. The molecule has 0 saturated heterocycles. The van der Waals surface area contributed by atoms with Gasteiger partial charge in [0.15, 0.2) is 23.0 Å². The molecule has 0 aliphatic rings. The quantitative estimate of drug-likeness (QED) is 0.514. The van der Waals surface area contributed by atoms with Gasteiger partial charge in [-0.05, 0) is 47.5 Å². The normalized spacial score (nSPS) is 10.9. The summed E-state index contributed by atoms with van der Waals surface area (Å²) < 4.78 is 10.4. The standard InChI is InChI=1S/C17H15NO4/c1-21-16-6-4-12(9-17(16)22-2)13(10-18)7-11-3-5-14(19)15(20)8-11/h3-9,19-20H,1-2H3/b13-7+. The maximum absolute atomic E-state index is 9.51. The molecule has 0 radical (unpaired) electrons. The minimum atomic E-state index is -0.238. The molecule has 0 aliphatic carbocycles. The average molecular weight is 297 g/mol. The molecule has 2 rings (SSSR count). The summed E-state index contributed by atoms with van der Waals surface area (Å²) in [6.07, 6.45) is 1.61. The lowest BCUT2D eigenvalue weighted by Gasteiger charge is -2.09. The van der Waals surface area contributed by atoms with Gasteiger partial charge in [0.05, 0.1) is 25.9 Å². The summed E-state index contributed by atoms with van der Waals surface area (Å²) in [7, 11) is 3.06. The van der Waals surface area contributed by atoms with Crippen LogP contribution in [0.15, 0.2) is 36.4 Å². The van der Waals surface area contributed by atoms with Crippen molar-refractivity contribution >= 4 is 11.6 Å². The minimum Gasteiger partial charge on any atom is -0.504 e. The van der Waals surface area contributed by atoms with E-state index < -0.39 is 0 Å². The highest BCUT2D eigenvalue weighted by Gasteiger charge is 2.08. The van der Waals surface area contributed by atoms with Crippen molar-refractivity contribution in [3.63, 3.8) is 0 Å². The number of allylic oxidation sites excluding steroid dienone is 1. The molecular formula is C17H15NO4. The summed E-state index contributed by atoms with van der Waals surface area (Å²) in [5.41, 5.74) is 1.65. The van der Waals surface area contributed by atoms with Gasteiger partial charge >= 0.3 is 0 Å². The monoisotopic (exact) mass is 297 g/mol. The van der Waals surface area contributed by atoms with Crippen molar-refractivity contribution in [3.8, 4) is 29.1 Å². The first-order valence-electron chi connectivity index (χ1n) is 6.45. The Labute approximate surface area is 128 Å². The molecule has 0 aromatic heterocycles. The Kier molecular flexibility index (Phi) is 4.54. The van der Waals surface area contributed by atoms with Gasteiger partial charge in [0.25, 0.3) is 0 Å². The molecule has 0 amide bonds. The molecule has 0 saturated carbocycles. The number of aromatic hydroxyl groups is 2. The fourth-order valence-electron chi connectivity index (χ4n) is 1.98. The SMILES string of the molecule is COc1ccc(/C(C#N)=C/c2ccc(O)c(O)c2)cc1OC. The van der Waals surface area contributed by atoms with E-state index >= 15 is 0 Å². The van der Waals surface area contributed by atoms with Crippen LogP contribution in [0.4, 0.5) is 0 Å². The highest BCUT2D eigenvalue weighted by Crippen LogP contribution is 2.32. The van der Waals surface area contributed by atoms with Crippen molar-refractivity contribution in [1.29, 1.82) is 5.26 Å². The number of nitrogens with zero attached hydrogens (tertiary/aromatic N) is 1. The summed E-state index contributed by atoms with van der Waals surface area (Å²) in [4.78, 5) is 0. The predicted octanol–water partition coefficient (Wildman–Crippen LogP) is 3.18. The van der Waals surface area contributed by atoms with Crippen LogP contribution in [0.3, 0.4) is 0 Å². The van der Waals surface area contributed by atoms with Crippen LogP contribution in [-0.2, 0) is 0 Å². The number of ether oxygens (including phenoxy) is 2. The first kappa shape index (κ1) is 15.3. The zero-order valence-electron chi connectivity index (χ0n) is 12.2. The summed E-state index contributed by atoms with van der Waals surface area (Å²) in [5.74, 6) is 0.653. The van der Waals surface area contributed by atoms with E-state index in [1.54, 1.807) is 30.3 Å². The molecule has 0 fully saturated rings. The number of phenols is 2. The highest BCUT2D eigenvalue weighted by molar-refractivity contribution is 5.90. The van der Waals surface area contributed by atoms with Gasteiger partial charge in [0.2, 0.25) is 0 Å². The fourth-order valence-corrected chi connectivity index (χ4v) is 1.98. The van der Waals surface area contributed by atoms with Crippen LogP contribution in [-0.4, -0.2) is 24.4 Å². The number of rotatable bonds is 4. The van der Waals surface area contributed by atoms with E-state index in [4.69, 9.17) is 9.47 Å². The lowest BCUT2D eigenvalue weighted by atomic mass is 10.0. The molecule has 0 unspecified atom stereocenters. The van der Waals surface area contributed by atoms with Crippen LogP contribution in [0.1, 0.15) is 11.1 Å². The molecule has 2 aromatic carbocycles. The van der Waals surface area contributed by atoms with Crippen LogP contribution in [0.25, 0.3) is 11.6 Å². The topological polar surface area (TPSA) is 82.7 Å². The van der Waals surface area contributed by atoms with E-state index in [1.165, 1.54) is 26.4 Å². The molecular weight excluding hydrogens is 282 g/mol. The van der Waals surface area contributed by atoms with Gasteiger partial charge in [-0.1, -0.05) is 6.07 Å². The van der Waals surface area contributed by atoms with Crippen LogP contribution in [0.2, 0.25) is 0 Å². The second kappa shape index (κ2) is 6.55. The lowest BCUT2D eigenvalue weighted by Crippen LogP contribution is -1.92. The second-order valence-electron chi connectivity index (χ2n) is 4.49. The smallest absolute Gasteiger partial charge is 0.161 e. The highest BCUT2D eigenvalue weighted by atomic mass is 16.5. The molecule has 5 nitrogen and oxygen atoms in total. The zero-order valence-corrected chi connectivity index (χ0v) is 12.2. The molecule has 0 heterocycles. The van der Waals surface area contributed by atoms with E-state index in [0.29, 0.717) is 28.2 Å². The van der Waals surface area contributed by atoms with E-state index in [1.807, 2.05) is 0 Å². The molecule has 112 valence electrons. The first-order chi connectivity index (χ1) is 10.6. The summed E-state index contributed by atoms with van der Waals surface area (Å²) in [5, 5.41) is 28.2. The van der Waals surface area contributed by atoms with Crippen LogP contribution in [0, 0.1) is 11.3 Å². The van der Waals surface area contributed by atoms with Gasteiger partial charge in [-0.25, -0.2) is 0 Å². The molecule has 5 heteroatoms. The van der Waals surface area contributed by atoms with Gasteiger partial charge in [0.1, 0.15) is 0 Å². The lowest BCUT2D eigenvalue weighted by molar-refractivity contribution is 0.355. The molecule has 22 heavy (non-hydrogen) atoms. The van der Waals surface area contributed by atoms with Crippen molar-refractivity contribution in [2.24, 2.45) is 0 Å². The van der Waals surface area contributed by atoms with Crippen LogP contribution >= 0.6 is 0 Å². The largest absolute Gasteiger partial charge is 0.504 e. The van der Waals surface area contributed by atoms with Crippen molar-refractivity contribution in [3.05, 3.63) is 47.5 Å². The van der Waals surface area contributed by atoms with Crippen LogP contribution < -0.4 is 9.47 Å². The number of hydrogen-bond acceptors (Lipinski definition) is 5. The van der Waals surface area contributed by atoms with Gasteiger partial charge < -0.3 is 19.7 Å². The number of methoxy groups -OCH3 is 2. The van der Waals surface area contributed by atoms with Crippen molar-refractivity contribution in [2.75, 3.05) is 14.2 Å². The summed E-state index contributed by atoms with van der Waals surface area (Å²) in [6, 6.07) is 11.6. The van der Waals surface area contributed by atoms with Gasteiger partial charge in [-0.2, -0.15) is 5.26 Å². The van der Waals surface area contributed by atoms with E-state index in [9.17, 15) is 15.5 Å². The third-order valence-corrected chi connectivity index (χ3v) is 3.13. The second-order valence-corrected chi connectivity index (χ2v) is 4.49. The Morgan fingerprint density at radius 3 is 2.32 bits per heavy atom. The van der Waals surface area contributed by atoms with Gasteiger partial charge in [0, 0.05) is 0 Å². The molecule has 2 N–H and O–H groups in total. The Bertz CT molecular complexity index is 760. The van der Waals surface area contributed by atoms with Crippen molar-refractivity contribution in [2.45, 2.75) is 0 Å². The molecule has 0 atom stereocenters. The summed E-state index contributed by atoms with van der Waals surface area (Å²) in [6.45, 7) is 0. The Morgan fingerprint density at radius 1 is 1.00 bits per heavy atom. The Hall–Kier alpha value is -3.13. The maximum Gasteiger partial charge on any atom is 0.161 e. The Morgan fingerprint density at radius 2 is 1.73 bits per heavy atom. The molecule has 0 bridgehead atoms. The van der Waals surface area contributed by atoms with E-state index in [2.05, 4.69) is 6.07 Å². The number of phenolic OH excluding ortho intramolecular Hbond substituents is 2. The predicted molar refractivity (Wildman–Crippen MR) is 82.8 cm³/mol. The number of hydrogen-bond donors (Lipinski definition) is 2. The number of benzene rings is 2. The molecule has 2 aromatic rings. The van der Waals surface area contributed by atoms with Gasteiger partial charge in [-0.3, -0.25) is 0 Å². The first-order valence-corrected chi connectivity index (χ1v) is 6.45. The van der Waals surface area contributed by atoms with Crippen molar-refractivity contribution in [1.82, 2.24) is 0 Å². The number of nitriles is 1. The summed E-state index contributed by atoms with van der Waals surface area (Å²) >= 11 is 0. The Balaban J connectivity index is 2.45. The minimum absolute atomic E-state index is 0.207. The zero-order chi connectivity index (χ0) is 16.1. The maximum atomic E-state index is 9.51. The molecule has 0 aliphatic heterocycles. The molecule has 0 spiro atoms. The van der Waals surface area contributed by atoms with Gasteiger partial charge in [-0.15, -0.1) is 0 Å². The van der Waals surface area contributed by atoms with Crippen molar-refractivity contribution < 1.29 is 19.7 Å². The average Bonchev–Trinajstić information content (AvgIpc) is 2.55. The third-order valence-electron chi connectivity index (χ3n) is 3.13.